The minimum absolute atomic E-state index is 0.0108. The first-order valence-electron chi connectivity index (χ1n) is 7.71. The van der Waals surface area contributed by atoms with Crippen LogP contribution in [0.5, 0.6) is 5.75 Å². The van der Waals surface area contributed by atoms with Crippen molar-refractivity contribution in [2.75, 3.05) is 13.7 Å². The molecule has 1 aromatic rings. The van der Waals surface area contributed by atoms with Gasteiger partial charge in [0.15, 0.2) is 0 Å². The van der Waals surface area contributed by atoms with Gasteiger partial charge in [0.2, 0.25) is 11.8 Å². The number of carbonyl (C=O) groups excluding carboxylic acids is 2. The molecule has 0 radical (unpaired) electrons. The van der Waals surface area contributed by atoms with Crippen LogP contribution in [0, 0.1) is 0 Å². The first kappa shape index (κ1) is 18.0. The fraction of sp³-hybridized carbons (Fsp3) is 0.529. The highest BCUT2D eigenvalue weighted by Crippen LogP contribution is 2.24. The van der Waals surface area contributed by atoms with Crippen molar-refractivity contribution in [3.8, 4) is 5.75 Å². The SMILES string of the molecule is COc1ccccc1C(C)NC(=O)CCCCCNC(C)=O. The highest BCUT2D eigenvalue weighted by molar-refractivity contribution is 5.76. The van der Waals surface area contributed by atoms with Crippen LogP contribution in [0.15, 0.2) is 24.3 Å². The van der Waals surface area contributed by atoms with Crippen molar-refractivity contribution < 1.29 is 14.3 Å². The monoisotopic (exact) mass is 306 g/mol. The number of hydrogen-bond acceptors (Lipinski definition) is 3. The van der Waals surface area contributed by atoms with Crippen LogP contribution in [0.25, 0.3) is 0 Å². The van der Waals surface area contributed by atoms with Crippen LogP contribution < -0.4 is 15.4 Å². The van der Waals surface area contributed by atoms with Crippen LogP contribution in [0.4, 0.5) is 0 Å². The van der Waals surface area contributed by atoms with Crippen molar-refractivity contribution in [3.05, 3.63) is 29.8 Å². The predicted octanol–water partition coefficient (Wildman–Crippen LogP) is 2.57. The quantitative estimate of drug-likeness (QED) is 0.689. The number of carbonyl (C=O) groups is 2. The summed E-state index contributed by atoms with van der Waals surface area (Å²) < 4.78 is 5.31. The van der Waals surface area contributed by atoms with Crippen LogP contribution in [0.1, 0.15) is 51.1 Å². The minimum Gasteiger partial charge on any atom is -0.496 e. The van der Waals surface area contributed by atoms with Crippen molar-refractivity contribution in [1.29, 1.82) is 0 Å². The average Bonchev–Trinajstić information content (AvgIpc) is 2.50. The summed E-state index contributed by atoms with van der Waals surface area (Å²) in [5, 5.41) is 5.74. The highest BCUT2D eigenvalue weighted by Gasteiger charge is 2.13. The zero-order valence-electron chi connectivity index (χ0n) is 13.6. The van der Waals surface area contributed by atoms with Gasteiger partial charge >= 0.3 is 0 Å². The van der Waals surface area contributed by atoms with Gasteiger partial charge in [-0.05, 0) is 25.8 Å². The molecule has 5 nitrogen and oxygen atoms in total. The second kappa shape index (κ2) is 9.82. The van der Waals surface area contributed by atoms with Gasteiger partial charge < -0.3 is 15.4 Å². The summed E-state index contributed by atoms with van der Waals surface area (Å²) >= 11 is 0. The van der Waals surface area contributed by atoms with Crippen LogP contribution in [-0.4, -0.2) is 25.5 Å². The summed E-state index contributed by atoms with van der Waals surface area (Å²) in [6.45, 7) is 4.13. The fourth-order valence-corrected chi connectivity index (χ4v) is 2.27. The number of ether oxygens (including phenoxy) is 1. The Kier molecular flexibility index (Phi) is 8.04. The lowest BCUT2D eigenvalue weighted by Gasteiger charge is -2.17. The topological polar surface area (TPSA) is 67.4 Å². The summed E-state index contributed by atoms with van der Waals surface area (Å²) in [4.78, 5) is 22.7. The Morgan fingerprint density at radius 3 is 2.59 bits per heavy atom. The van der Waals surface area contributed by atoms with E-state index >= 15 is 0 Å². The molecule has 2 N–H and O–H groups in total. The van der Waals surface area contributed by atoms with Crippen molar-refractivity contribution in [3.63, 3.8) is 0 Å². The van der Waals surface area contributed by atoms with Crippen molar-refractivity contribution in [1.82, 2.24) is 10.6 Å². The van der Waals surface area contributed by atoms with Crippen molar-refractivity contribution in [2.24, 2.45) is 0 Å². The summed E-state index contributed by atoms with van der Waals surface area (Å²) in [5.74, 6) is 0.812. The lowest BCUT2D eigenvalue weighted by Crippen LogP contribution is -2.26. The number of unbranched alkanes of at least 4 members (excludes halogenated alkanes) is 2. The Balaban J connectivity index is 2.28. The minimum atomic E-state index is -0.0805. The molecule has 1 aromatic carbocycles. The van der Waals surface area contributed by atoms with Gasteiger partial charge in [0.05, 0.1) is 13.2 Å². The Morgan fingerprint density at radius 1 is 1.18 bits per heavy atom. The number of methoxy groups -OCH3 is 1. The number of hydrogen-bond donors (Lipinski definition) is 2. The molecule has 0 aromatic heterocycles. The number of rotatable bonds is 9. The Hall–Kier alpha value is -2.04. The van der Waals surface area contributed by atoms with E-state index in [9.17, 15) is 9.59 Å². The van der Waals surface area contributed by atoms with Gasteiger partial charge in [0.25, 0.3) is 0 Å². The molecule has 0 heterocycles. The fourth-order valence-electron chi connectivity index (χ4n) is 2.27. The van der Waals surface area contributed by atoms with Crippen LogP contribution in [0.2, 0.25) is 0 Å². The second-order valence-electron chi connectivity index (χ2n) is 5.32. The number of benzene rings is 1. The lowest BCUT2D eigenvalue weighted by atomic mass is 10.1. The first-order valence-corrected chi connectivity index (χ1v) is 7.71. The summed E-state index contributed by atoms with van der Waals surface area (Å²) in [7, 11) is 1.63. The Morgan fingerprint density at radius 2 is 1.91 bits per heavy atom. The third-order valence-corrected chi connectivity index (χ3v) is 3.44. The molecule has 1 unspecified atom stereocenters. The summed E-state index contributed by atoms with van der Waals surface area (Å²) in [6, 6.07) is 7.61. The van der Waals surface area contributed by atoms with Crippen molar-refractivity contribution in [2.45, 2.75) is 45.6 Å². The van der Waals surface area contributed by atoms with E-state index in [4.69, 9.17) is 4.74 Å². The molecule has 122 valence electrons. The maximum absolute atomic E-state index is 11.9. The normalized spacial score (nSPS) is 11.6. The molecular weight excluding hydrogens is 280 g/mol. The van der Waals surface area contributed by atoms with Gasteiger partial charge in [-0.2, -0.15) is 0 Å². The molecule has 0 bridgehead atoms. The molecule has 1 rings (SSSR count). The Labute approximate surface area is 132 Å². The molecule has 0 fully saturated rings. The standard InChI is InChI=1S/C17H26N2O3/c1-13(15-9-6-7-10-16(15)22-3)19-17(21)11-5-4-8-12-18-14(2)20/h6-7,9-10,13H,4-5,8,11-12H2,1-3H3,(H,18,20)(H,19,21). The van der Waals surface area contributed by atoms with Gasteiger partial charge in [0.1, 0.15) is 5.75 Å². The van der Waals surface area contributed by atoms with E-state index in [2.05, 4.69) is 10.6 Å². The molecule has 5 heteroatoms. The summed E-state index contributed by atoms with van der Waals surface area (Å²) in [5.41, 5.74) is 0.976. The summed E-state index contributed by atoms with van der Waals surface area (Å²) in [6.07, 6.45) is 3.15. The van der Waals surface area contributed by atoms with E-state index < -0.39 is 0 Å². The van der Waals surface area contributed by atoms with E-state index in [1.807, 2.05) is 31.2 Å². The van der Waals surface area contributed by atoms with Gasteiger partial charge in [-0.1, -0.05) is 24.6 Å². The molecule has 22 heavy (non-hydrogen) atoms. The second-order valence-corrected chi connectivity index (χ2v) is 5.32. The molecule has 0 aliphatic carbocycles. The van der Waals surface area contributed by atoms with E-state index in [0.29, 0.717) is 13.0 Å². The van der Waals surface area contributed by atoms with E-state index in [0.717, 1.165) is 30.6 Å². The zero-order valence-corrected chi connectivity index (χ0v) is 13.6. The van der Waals surface area contributed by atoms with Gasteiger partial charge in [0, 0.05) is 25.5 Å². The maximum Gasteiger partial charge on any atom is 0.220 e. The Bertz CT molecular complexity index is 489. The number of nitrogens with one attached hydrogen (secondary N) is 2. The highest BCUT2D eigenvalue weighted by atomic mass is 16.5. The maximum atomic E-state index is 11.9. The molecule has 0 saturated heterocycles. The van der Waals surface area contributed by atoms with Crippen LogP contribution in [0.3, 0.4) is 0 Å². The van der Waals surface area contributed by atoms with Gasteiger partial charge in [-0.15, -0.1) is 0 Å². The predicted molar refractivity (Wildman–Crippen MR) is 86.7 cm³/mol. The van der Waals surface area contributed by atoms with E-state index in [1.54, 1.807) is 7.11 Å². The molecule has 2 amide bonds. The average molecular weight is 306 g/mol. The van der Waals surface area contributed by atoms with Gasteiger partial charge in [-0.3, -0.25) is 9.59 Å². The first-order chi connectivity index (χ1) is 10.5. The molecular formula is C17H26N2O3. The van der Waals surface area contributed by atoms with Crippen LogP contribution in [-0.2, 0) is 9.59 Å². The third kappa shape index (κ3) is 6.61. The van der Waals surface area contributed by atoms with Gasteiger partial charge in [-0.25, -0.2) is 0 Å². The molecule has 0 saturated carbocycles. The van der Waals surface area contributed by atoms with Crippen molar-refractivity contribution >= 4 is 11.8 Å². The lowest BCUT2D eigenvalue weighted by molar-refractivity contribution is -0.122. The molecule has 1 atom stereocenters. The molecule has 0 aliphatic heterocycles. The third-order valence-electron chi connectivity index (χ3n) is 3.44. The van der Waals surface area contributed by atoms with Crippen LogP contribution >= 0.6 is 0 Å². The van der Waals surface area contributed by atoms with E-state index in [-0.39, 0.29) is 17.9 Å². The zero-order chi connectivity index (χ0) is 16.4. The number of amides is 2. The largest absolute Gasteiger partial charge is 0.496 e. The molecule has 0 aliphatic rings. The van der Waals surface area contributed by atoms with E-state index in [1.165, 1.54) is 6.92 Å². The number of para-hydroxylation sites is 1. The smallest absolute Gasteiger partial charge is 0.220 e. The molecule has 0 spiro atoms.